The van der Waals surface area contributed by atoms with Gasteiger partial charge in [-0.25, -0.2) is 0 Å². The van der Waals surface area contributed by atoms with Crippen molar-refractivity contribution in [2.24, 2.45) is 5.41 Å². The van der Waals surface area contributed by atoms with Gasteiger partial charge < -0.3 is 15.0 Å². The molecule has 5 heteroatoms. The number of benzene rings is 1. The highest BCUT2D eigenvalue weighted by Gasteiger charge is 2.27. The number of carbonyl (C=O) groups excluding carboxylic acids is 1. The van der Waals surface area contributed by atoms with Gasteiger partial charge in [0.25, 0.3) is 5.91 Å². The fourth-order valence-corrected chi connectivity index (χ4v) is 1.77. The van der Waals surface area contributed by atoms with E-state index in [-0.39, 0.29) is 12.5 Å². The van der Waals surface area contributed by atoms with Crippen molar-refractivity contribution in [3.63, 3.8) is 0 Å². The van der Waals surface area contributed by atoms with Crippen LogP contribution in [-0.4, -0.2) is 28.1 Å². The smallest absolute Gasteiger partial charge is 0.310 e. The third kappa shape index (κ3) is 3.51. The van der Waals surface area contributed by atoms with E-state index < -0.39 is 11.4 Å². The van der Waals surface area contributed by atoms with E-state index in [4.69, 9.17) is 5.11 Å². The maximum absolute atomic E-state index is 12.0. The van der Waals surface area contributed by atoms with E-state index >= 15 is 0 Å². The molecule has 0 unspecified atom stereocenters. The predicted molar refractivity (Wildman–Crippen MR) is 79.5 cm³/mol. The van der Waals surface area contributed by atoms with Crippen molar-refractivity contribution in [3.05, 3.63) is 54.4 Å². The van der Waals surface area contributed by atoms with E-state index in [1.54, 1.807) is 26.0 Å². The molecule has 110 valence electrons. The second-order valence-electron chi connectivity index (χ2n) is 5.51. The number of carboxylic acids is 1. The number of aliphatic carboxylic acids is 1. The summed E-state index contributed by atoms with van der Waals surface area (Å²) < 4.78 is 1.94. The number of hydrogen-bond acceptors (Lipinski definition) is 2. The Balaban J connectivity index is 2.02. The molecule has 2 N–H and O–H groups in total. The van der Waals surface area contributed by atoms with E-state index in [1.807, 2.05) is 41.2 Å². The molecule has 1 aromatic carbocycles. The number of amides is 1. The lowest BCUT2D eigenvalue weighted by molar-refractivity contribution is -0.146. The van der Waals surface area contributed by atoms with Gasteiger partial charge in [0, 0.05) is 30.2 Å². The Kier molecular flexibility index (Phi) is 4.12. The molecule has 1 aromatic heterocycles. The molecular formula is C16H18N2O3. The average molecular weight is 286 g/mol. The summed E-state index contributed by atoms with van der Waals surface area (Å²) in [6.45, 7) is 3.23. The third-order valence-corrected chi connectivity index (χ3v) is 3.30. The molecule has 0 aliphatic rings. The predicted octanol–water partition coefficient (Wildman–Crippen LogP) is 2.32. The number of hydrogen-bond donors (Lipinski definition) is 2. The van der Waals surface area contributed by atoms with Crippen LogP contribution in [0.4, 0.5) is 0 Å². The lowest BCUT2D eigenvalue weighted by atomic mass is 9.94. The first kappa shape index (κ1) is 14.8. The van der Waals surface area contributed by atoms with Crippen LogP contribution in [0.5, 0.6) is 0 Å². The van der Waals surface area contributed by atoms with Crippen molar-refractivity contribution in [1.29, 1.82) is 0 Å². The molecule has 0 bridgehead atoms. The van der Waals surface area contributed by atoms with Crippen LogP contribution in [0, 0.1) is 5.41 Å². The minimum atomic E-state index is -0.985. The van der Waals surface area contributed by atoms with Gasteiger partial charge in [0.2, 0.25) is 0 Å². The molecular weight excluding hydrogens is 268 g/mol. The monoisotopic (exact) mass is 286 g/mol. The van der Waals surface area contributed by atoms with Crippen LogP contribution >= 0.6 is 0 Å². The summed E-state index contributed by atoms with van der Waals surface area (Å²) in [4.78, 5) is 23.0. The van der Waals surface area contributed by atoms with E-state index in [9.17, 15) is 9.59 Å². The van der Waals surface area contributed by atoms with Gasteiger partial charge in [-0.1, -0.05) is 0 Å². The minimum Gasteiger partial charge on any atom is -0.481 e. The molecule has 1 amide bonds. The second kappa shape index (κ2) is 5.83. The first-order valence-electron chi connectivity index (χ1n) is 6.65. The van der Waals surface area contributed by atoms with Gasteiger partial charge in [-0.3, -0.25) is 9.59 Å². The average Bonchev–Trinajstić information content (AvgIpc) is 2.99. The Hall–Kier alpha value is -2.56. The number of aromatic nitrogens is 1. The molecule has 21 heavy (non-hydrogen) atoms. The summed E-state index contributed by atoms with van der Waals surface area (Å²) in [5, 5.41) is 11.7. The highest BCUT2D eigenvalue weighted by molar-refractivity contribution is 5.94. The largest absolute Gasteiger partial charge is 0.481 e. The zero-order valence-corrected chi connectivity index (χ0v) is 12.0. The van der Waals surface area contributed by atoms with Crippen molar-refractivity contribution >= 4 is 11.9 Å². The van der Waals surface area contributed by atoms with Gasteiger partial charge in [0.1, 0.15) is 0 Å². The summed E-state index contributed by atoms with van der Waals surface area (Å²) in [6, 6.07) is 11.0. The minimum absolute atomic E-state index is 0.0838. The summed E-state index contributed by atoms with van der Waals surface area (Å²) in [5.74, 6) is -1.21. The summed E-state index contributed by atoms with van der Waals surface area (Å²) in [5.41, 5.74) is 0.482. The molecule has 0 aliphatic carbocycles. The maximum Gasteiger partial charge on any atom is 0.310 e. The summed E-state index contributed by atoms with van der Waals surface area (Å²) >= 11 is 0. The van der Waals surface area contributed by atoms with Gasteiger partial charge in [-0.2, -0.15) is 0 Å². The molecule has 0 spiro atoms. The van der Waals surface area contributed by atoms with Crippen molar-refractivity contribution in [1.82, 2.24) is 9.88 Å². The molecule has 2 rings (SSSR count). The van der Waals surface area contributed by atoms with Gasteiger partial charge >= 0.3 is 5.97 Å². The number of rotatable bonds is 5. The van der Waals surface area contributed by atoms with E-state index in [0.717, 1.165) is 5.69 Å². The molecule has 1 heterocycles. The fourth-order valence-electron chi connectivity index (χ4n) is 1.77. The Bertz CT molecular complexity index is 628. The quantitative estimate of drug-likeness (QED) is 0.886. The van der Waals surface area contributed by atoms with Crippen LogP contribution < -0.4 is 5.32 Å². The lowest BCUT2D eigenvalue weighted by Gasteiger charge is -2.19. The second-order valence-corrected chi connectivity index (χ2v) is 5.51. The van der Waals surface area contributed by atoms with E-state index in [2.05, 4.69) is 5.32 Å². The van der Waals surface area contributed by atoms with Crippen molar-refractivity contribution in [2.75, 3.05) is 6.54 Å². The SMILES string of the molecule is CC(C)(CNC(=O)c1ccc(-n2cccc2)cc1)C(=O)O. The summed E-state index contributed by atoms with van der Waals surface area (Å²) in [7, 11) is 0. The number of carboxylic acid groups (broad SMARTS) is 1. The third-order valence-electron chi connectivity index (χ3n) is 3.30. The maximum atomic E-state index is 12.0. The van der Waals surface area contributed by atoms with Gasteiger partial charge in [-0.15, -0.1) is 0 Å². The Morgan fingerprint density at radius 2 is 1.71 bits per heavy atom. The lowest BCUT2D eigenvalue weighted by Crippen LogP contribution is -2.38. The van der Waals surface area contributed by atoms with Crippen molar-refractivity contribution in [3.8, 4) is 5.69 Å². The molecule has 0 radical (unpaired) electrons. The zero-order chi connectivity index (χ0) is 15.5. The molecule has 0 aliphatic heterocycles. The van der Waals surface area contributed by atoms with Crippen LogP contribution in [0.2, 0.25) is 0 Å². The topological polar surface area (TPSA) is 71.3 Å². The molecule has 5 nitrogen and oxygen atoms in total. The van der Waals surface area contributed by atoms with Crippen LogP contribution in [0.15, 0.2) is 48.8 Å². The molecule has 0 saturated heterocycles. The zero-order valence-electron chi connectivity index (χ0n) is 12.0. The van der Waals surface area contributed by atoms with Gasteiger partial charge in [0.05, 0.1) is 5.41 Å². The molecule has 2 aromatic rings. The molecule has 0 saturated carbocycles. The van der Waals surface area contributed by atoms with Crippen molar-refractivity contribution in [2.45, 2.75) is 13.8 Å². The van der Waals surface area contributed by atoms with Gasteiger partial charge in [-0.05, 0) is 50.2 Å². The van der Waals surface area contributed by atoms with E-state index in [0.29, 0.717) is 5.56 Å². The molecule has 0 fully saturated rings. The standard InChI is InChI=1S/C16H18N2O3/c1-16(2,15(20)21)11-17-14(19)12-5-7-13(8-6-12)18-9-3-4-10-18/h3-10H,11H2,1-2H3,(H,17,19)(H,20,21). The van der Waals surface area contributed by atoms with Gasteiger partial charge in [0.15, 0.2) is 0 Å². The van der Waals surface area contributed by atoms with Crippen LogP contribution in [0.3, 0.4) is 0 Å². The van der Waals surface area contributed by atoms with Crippen LogP contribution in [0.1, 0.15) is 24.2 Å². The Morgan fingerprint density at radius 1 is 1.14 bits per heavy atom. The highest BCUT2D eigenvalue weighted by Crippen LogP contribution is 2.14. The number of nitrogens with one attached hydrogen (secondary N) is 1. The number of nitrogens with zero attached hydrogens (tertiary/aromatic N) is 1. The van der Waals surface area contributed by atoms with Crippen LogP contribution in [-0.2, 0) is 4.79 Å². The van der Waals surface area contributed by atoms with Crippen LogP contribution in [0.25, 0.3) is 5.69 Å². The molecule has 0 atom stereocenters. The summed E-state index contributed by atoms with van der Waals surface area (Å²) in [6.07, 6.45) is 3.84. The van der Waals surface area contributed by atoms with Crippen molar-refractivity contribution < 1.29 is 14.7 Å². The Labute approximate surface area is 123 Å². The number of carbonyl (C=O) groups is 2. The Morgan fingerprint density at radius 3 is 2.24 bits per heavy atom. The highest BCUT2D eigenvalue weighted by atomic mass is 16.4. The van der Waals surface area contributed by atoms with E-state index in [1.165, 1.54) is 0 Å². The first-order valence-corrected chi connectivity index (χ1v) is 6.65. The normalized spacial score (nSPS) is 11.1. The first-order chi connectivity index (χ1) is 9.90. The fraction of sp³-hybridized carbons (Fsp3) is 0.250.